The van der Waals surface area contributed by atoms with Crippen molar-refractivity contribution in [3.05, 3.63) is 24.3 Å². The first-order valence-electron chi connectivity index (χ1n) is 6.40. The number of aromatic nitrogens is 1. The Morgan fingerprint density at radius 1 is 1.38 bits per heavy atom. The lowest BCUT2D eigenvalue weighted by molar-refractivity contribution is -0.139. The summed E-state index contributed by atoms with van der Waals surface area (Å²) < 4.78 is 27.4. The molecule has 0 spiro atoms. The van der Waals surface area contributed by atoms with Crippen molar-refractivity contribution in [2.45, 2.75) is 30.6 Å². The molecule has 0 aliphatic rings. The van der Waals surface area contributed by atoms with Gasteiger partial charge < -0.3 is 5.11 Å². The number of aliphatic carboxylic acids is 1. The van der Waals surface area contributed by atoms with Crippen molar-refractivity contribution in [2.24, 2.45) is 5.92 Å². The van der Waals surface area contributed by atoms with E-state index >= 15 is 0 Å². The Balaban J connectivity index is 2.30. The molecule has 2 rings (SSSR count). The van der Waals surface area contributed by atoms with Gasteiger partial charge in [0.1, 0.15) is 6.04 Å². The van der Waals surface area contributed by atoms with E-state index in [1.54, 1.807) is 24.3 Å². The van der Waals surface area contributed by atoms with E-state index in [-0.39, 0.29) is 16.7 Å². The van der Waals surface area contributed by atoms with E-state index in [0.29, 0.717) is 5.52 Å². The molecule has 2 aromatic rings. The largest absolute Gasteiger partial charge is 0.480 e. The number of nitrogens with zero attached hydrogens (tertiary/aromatic N) is 1. The van der Waals surface area contributed by atoms with Crippen molar-refractivity contribution in [3.63, 3.8) is 0 Å². The molecule has 0 fully saturated rings. The number of benzene rings is 1. The SMILES string of the molecule is CC(C)C[C@H](NS(=O)(=O)c1nc2ccccc2s1)C(=O)O. The normalized spacial score (nSPS) is 13.7. The van der Waals surface area contributed by atoms with E-state index in [9.17, 15) is 13.2 Å². The number of carboxylic acids is 1. The zero-order valence-corrected chi connectivity index (χ0v) is 13.2. The molecule has 1 heterocycles. The number of thiazole rings is 1. The molecule has 114 valence electrons. The van der Waals surface area contributed by atoms with Crippen LogP contribution in [0.4, 0.5) is 0 Å². The van der Waals surface area contributed by atoms with Crippen molar-refractivity contribution in [3.8, 4) is 0 Å². The number of carbonyl (C=O) groups is 1. The lowest BCUT2D eigenvalue weighted by Crippen LogP contribution is -2.41. The maximum atomic E-state index is 12.3. The number of sulfonamides is 1. The van der Waals surface area contributed by atoms with Gasteiger partial charge in [-0.2, -0.15) is 4.72 Å². The predicted molar refractivity (Wildman–Crippen MR) is 80.8 cm³/mol. The summed E-state index contributed by atoms with van der Waals surface area (Å²) >= 11 is 1.02. The fraction of sp³-hybridized carbons (Fsp3) is 0.385. The summed E-state index contributed by atoms with van der Waals surface area (Å²) in [6, 6.07) is 5.90. The molecule has 0 bridgehead atoms. The molecule has 0 radical (unpaired) electrons. The van der Waals surface area contributed by atoms with Crippen molar-refractivity contribution >= 4 is 37.5 Å². The van der Waals surface area contributed by atoms with Crippen molar-refractivity contribution in [1.29, 1.82) is 0 Å². The van der Waals surface area contributed by atoms with Crippen LogP contribution in [0.15, 0.2) is 28.6 Å². The lowest BCUT2D eigenvalue weighted by atomic mass is 10.1. The van der Waals surface area contributed by atoms with Crippen molar-refractivity contribution in [2.75, 3.05) is 0 Å². The van der Waals surface area contributed by atoms with Crippen LogP contribution >= 0.6 is 11.3 Å². The monoisotopic (exact) mass is 328 g/mol. The number of hydrogen-bond acceptors (Lipinski definition) is 5. The van der Waals surface area contributed by atoms with Crippen LogP contribution in [-0.2, 0) is 14.8 Å². The highest BCUT2D eigenvalue weighted by atomic mass is 32.2. The predicted octanol–water partition coefficient (Wildman–Crippen LogP) is 2.07. The average Bonchev–Trinajstić information content (AvgIpc) is 2.81. The summed E-state index contributed by atoms with van der Waals surface area (Å²) in [7, 11) is -3.94. The third kappa shape index (κ3) is 3.78. The summed E-state index contributed by atoms with van der Waals surface area (Å²) in [5.74, 6) is -1.13. The van der Waals surface area contributed by atoms with Gasteiger partial charge in [-0.15, -0.1) is 11.3 Å². The van der Waals surface area contributed by atoms with E-state index in [2.05, 4.69) is 9.71 Å². The molecule has 0 aliphatic carbocycles. The minimum absolute atomic E-state index is 0.0594. The van der Waals surface area contributed by atoms with Crippen LogP contribution in [0.1, 0.15) is 20.3 Å². The summed E-state index contributed by atoms with van der Waals surface area (Å²) in [6.45, 7) is 3.67. The number of para-hydroxylation sites is 1. The summed E-state index contributed by atoms with van der Waals surface area (Å²) in [5, 5.41) is 9.13. The molecule has 0 aliphatic heterocycles. The number of nitrogens with one attached hydrogen (secondary N) is 1. The third-order valence-corrected chi connectivity index (χ3v) is 5.69. The van der Waals surface area contributed by atoms with Crippen LogP contribution < -0.4 is 4.72 Å². The molecule has 1 aromatic heterocycles. The first-order chi connectivity index (χ1) is 9.79. The molecule has 6 nitrogen and oxygen atoms in total. The molecule has 0 unspecified atom stereocenters. The Kier molecular flexibility index (Phi) is 4.60. The quantitative estimate of drug-likeness (QED) is 0.846. The van der Waals surface area contributed by atoms with Crippen LogP contribution in [0.25, 0.3) is 10.2 Å². The van der Waals surface area contributed by atoms with E-state index in [1.165, 1.54) is 0 Å². The van der Waals surface area contributed by atoms with Gasteiger partial charge in [-0.3, -0.25) is 4.79 Å². The molecular weight excluding hydrogens is 312 g/mol. The molecule has 0 saturated heterocycles. The molecule has 8 heteroatoms. The molecule has 1 aromatic carbocycles. The second-order valence-electron chi connectivity index (χ2n) is 5.09. The molecular formula is C13H16N2O4S2. The Morgan fingerprint density at radius 3 is 2.62 bits per heavy atom. The number of carboxylic acid groups (broad SMARTS) is 1. The highest BCUT2D eigenvalue weighted by Crippen LogP contribution is 2.25. The second-order valence-corrected chi connectivity index (χ2v) is 8.01. The van der Waals surface area contributed by atoms with Gasteiger partial charge in [-0.1, -0.05) is 26.0 Å². The van der Waals surface area contributed by atoms with Crippen LogP contribution in [-0.4, -0.2) is 30.5 Å². The van der Waals surface area contributed by atoms with Gasteiger partial charge in [0.05, 0.1) is 10.2 Å². The fourth-order valence-corrected chi connectivity index (χ4v) is 4.31. The molecule has 1 atom stereocenters. The standard InChI is InChI=1S/C13H16N2O4S2/c1-8(2)7-10(12(16)17)15-21(18,19)13-14-9-5-3-4-6-11(9)20-13/h3-6,8,10,15H,7H2,1-2H3,(H,16,17)/t10-/m0/s1. The maximum absolute atomic E-state index is 12.3. The Labute approximate surface area is 126 Å². The first-order valence-corrected chi connectivity index (χ1v) is 8.70. The second kappa shape index (κ2) is 6.08. The maximum Gasteiger partial charge on any atom is 0.321 e. The summed E-state index contributed by atoms with van der Waals surface area (Å²) in [4.78, 5) is 15.2. The van der Waals surface area contributed by atoms with Gasteiger partial charge in [0.2, 0.25) is 4.34 Å². The highest BCUT2D eigenvalue weighted by molar-refractivity contribution is 7.91. The Morgan fingerprint density at radius 2 is 2.05 bits per heavy atom. The van der Waals surface area contributed by atoms with Gasteiger partial charge in [0.15, 0.2) is 0 Å². The van der Waals surface area contributed by atoms with Crippen molar-refractivity contribution < 1.29 is 18.3 Å². The Bertz CT molecular complexity index is 719. The van der Waals surface area contributed by atoms with Crippen LogP contribution in [0.3, 0.4) is 0 Å². The van der Waals surface area contributed by atoms with Gasteiger partial charge in [-0.05, 0) is 24.5 Å². The van der Waals surface area contributed by atoms with E-state index < -0.39 is 22.0 Å². The third-order valence-electron chi connectivity index (χ3n) is 2.81. The molecule has 2 N–H and O–H groups in total. The van der Waals surface area contributed by atoms with Crippen LogP contribution in [0.5, 0.6) is 0 Å². The summed E-state index contributed by atoms with van der Waals surface area (Å²) in [5.41, 5.74) is 0.582. The minimum atomic E-state index is -3.94. The minimum Gasteiger partial charge on any atom is -0.480 e. The van der Waals surface area contributed by atoms with Crippen LogP contribution in [0.2, 0.25) is 0 Å². The fourth-order valence-electron chi connectivity index (χ4n) is 1.87. The van der Waals surface area contributed by atoms with E-state index in [0.717, 1.165) is 16.0 Å². The summed E-state index contributed by atoms with van der Waals surface area (Å²) in [6.07, 6.45) is 0.222. The zero-order chi connectivity index (χ0) is 15.6. The van der Waals surface area contributed by atoms with E-state index in [1.807, 2.05) is 13.8 Å². The van der Waals surface area contributed by atoms with Crippen molar-refractivity contribution in [1.82, 2.24) is 9.71 Å². The number of hydrogen-bond donors (Lipinski definition) is 2. The Hall–Kier alpha value is -1.51. The lowest BCUT2D eigenvalue weighted by Gasteiger charge is -2.15. The van der Waals surface area contributed by atoms with Gasteiger partial charge in [-0.25, -0.2) is 13.4 Å². The van der Waals surface area contributed by atoms with Gasteiger partial charge in [0, 0.05) is 0 Å². The molecule has 0 amide bonds. The number of rotatable bonds is 6. The van der Waals surface area contributed by atoms with E-state index in [4.69, 9.17) is 5.11 Å². The highest BCUT2D eigenvalue weighted by Gasteiger charge is 2.28. The number of fused-ring (bicyclic) bond motifs is 1. The topological polar surface area (TPSA) is 96.4 Å². The van der Waals surface area contributed by atoms with Gasteiger partial charge >= 0.3 is 5.97 Å². The average molecular weight is 328 g/mol. The first kappa shape index (κ1) is 15.9. The smallest absolute Gasteiger partial charge is 0.321 e. The molecule has 21 heavy (non-hydrogen) atoms. The zero-order valence-electron chi connectivity index (χ0n) is 11.6. The van der Waals surface area contributed by atoms with Gasteiger partial charge in [0.25, 0.3) is 10.0 Å². The van der Waals surface area contributed by atoms with Crippen LogP contribution in [0, 0.1) is 5.92 Å². The molecule has 0 saturated carbocycles.